The van der Waals surface area contributed by atoms with Crippen LogP contribution in [0.25, 0.3) is 10.9 Å². The summed E-state index contributed by atoms with van der Waals surface area (Å²) in [6, 6.07) is 5.23. The standard InChI is InChI=1S/C22H30N4O3/c1-29-15-22(8-10-23-11-9-22)14-24-20(27)16-6-7-17-18(13-16)25-19-5-3-2-4-12-26(19)21(17)28/h6-7,13,23H,2-5,8-12,14-15H2,1H3,(H,24,27). The number of nitrogens with zero attached hydrogens (tertiary/aromatic N) is 2. The average molecular weight is 399 g/mol. The van der Waals surface area contributed by atoms with E-state index in [1.807, 2.05) is 0 Å². The van der Waals surface area contributed by atoms with Crippen molar-refractivity contribution in [2.45, 2.75) is 45.1 Å². The number of aromatic nitrogens is 2. The fourth-order valence-corrected chi connectivity index (χ4v) is 4.56. The number of piperidine rings is 1. The minimum atomic E-state index is -0.127. The number of rotatable bonds is 5. The van der Waals surface area contributed by atoms with Crippen LogP contribution in [-0.4, -0.2) is 48.8 Å². The summed E-state index contributed by atoms with van der Waals surface area (Å²) in [5.41, 5.74) is 1.14. The lowest BCUT2D eigenvalue weighted by Gasteiger charge is -2.37. The zero-order chi connectivity index (χ0) is 20.3. The maximum atomic E-state index is 12.9. The molecule has 7 nitrogen and oxygen atoms in total. The third-order valence-corrected chi connectivity index (χ3v) is 6.32. The zero-order valence-corrected chi connectivity index (χ0v) is 17.1. The van der Waals surface area contributed by atoms with Crippen LogP contribution in [0.1, 0.15) is 48.3 Å². The highest BCUT2D eigenvalue weighted by Gasteiger charge is 2.32. The number of ether oxygens (including phenoxy) is 1. The molecule has 0 atom stereocenters. The molecule has 2 aliphatic rings. The molecule has 0 unspecified atom stereocenters. The molecule has 2 N–H and O–H groups in total. The number of hydrogen-bond acceptors (Lipinski definition) is 5. The highest BCUT2D eigenvalue weighted by atomic mass is 16.5. The van der Waals surface area contributed by atoms with Crippen LogP contribution in [0, 0.1) is 5.41 Å². The van der Waals surface area contributed by atoms with Crippen LogP contribution in [-0.2, 0) is 17.7 Å². The first-order valence-electron chi connectivity index (χ1n) is 10.6. The Morgan fingerprint density at radius 3 is 2.90 bits per heavy atom. The van der Waals surface area contributed by atoms with Crippen molar-refractivity contribution in [1.82, 2.24) is 20.2 Å². The van der Waals surface area contributed by atoms with E-state index < -0.39 is 0 Å². The first-order chi connectivity index (χ1) is 14.1. The zero-order valence-electron chi connectivity index (χ0n) is 17.1. The molecule has 1 amide bonds. The molecule has 1 fully saturated rings. The molecule has 4 rings (SSSR count). The van der Waals surface area contributed by atoms with Crippen LogP contribution in [0.4, 0.5) is 0 Å². The fourth-order valence-electron chi connectivity index (χ4n) is 4.56. The Morgan fingerprint density at radius 1 is 1.28 bits per heavy atom. The van der Waals surface area contributed by atoms with E-state index in [9.17, 15) is 9.59 Å². The molecule has 2 aliphatic heterocycles. The van der Waals surface area contributed by atoms with Crippen LogP contribution in [0.15, 0.2) is 23.0 Å². The van der Waals surface area contributed by atoms with Crippen molar-refractivity contribution in [2.24, 2.45) is 5.41 Å². The van der Waals surface area contributed by atoms with Crippen molar-refractivity contribution < 1.29 is 9.53 Å². The lowest BCUT2D eigenvalue weighted by molar-refractivity contribution is 0.0512. The van der Waals surface area contributed by atoms with Gasteiger partial charge in [0, 0.05) is 37.6 Å². The fraction of sp³-hybridized carbons (Fsp3) is 0.591. The number of aryl methyl sites for hydroxylation is 1. The van der Waals surface area contributed by atoms with Gasteiger partial charge in [-0.25, -0.2) is 4.98 Å². The highest BCUT2D eigenvalue weighted by molar-refractivity contribution is 5.97. The molecule has 0 bridgehead atoms. The summed E-state index contributed by atoms with van der Waals surface area (Å²) in [6.45, 7) is 3.83. The Kier molecular flexibility index (Phi) is 5.96. The van der Waals surface area contributed by atoms with E-state index in [1.165, 1.54) is 0 Å². The predicted molar refractivity (Wildman–Crippen MR) is 112 cm³/mol. The first-order valence-corrected chi connectivity index (χ1v) is 10.6. The Labute approximate surface area is 170 Å². The van der Waals surface area contributed by atoms with E-state index in [0.29, 0.717) is 29.6 Å². The predicted octanol–water partition coefficient (Wildman–Crippen LogP) is 1.87. The van der Waals surface area contributed by atoms with Crippen molar-refractivity contribution in [2.75, 3.05) is 33.4 Å². The van der Waals surface area contributed by atoms with Gasteiger partial charge in [-0.3, -0.25) is 14.2 Å². The molecule has 2 aromatic rings. The van der Waals surface area contributed by atoms with Crippen LogP contribution in [0.2, 0.25) is 0 Å². The largest absolute Gasteiger partial charge is 0.384 e. The van der Waals surface area contributed by atoms with Gasteiger partial charge >= 0.3 is 0 Å². The number of benzene rings is 1. The third-order valence-electron chi connectivity index (χ3n) is 6.32. The van der Waals surface area contributed by atoms with Crippen molar-refractivity contribution in [1.29, 1.82) is 0 Å². The Bertz CT molecular complexity index is 941. The number of carbonyl (C=O) groups is 1. The van der Waals surface area contributed by atoms with E-state index in [1.54, 1.807) is 29.9 Å². The van der Waals surface area contributed by atoms with E-state index in [-0.39, 0.29) is 16.9 Å². The van der Waals surface area contributed by atoms with Gasteiger partial charge in [0.15, 0.2) is 0 Å². The summed E-state index contributed by atoms with van der Waals surface area (Å²) < 4.78 is 7.24. The van der Waals surface area contributed by atoms with E-state index >= 15 is 0 Å². The Balaban J connectivity index is 1.55. The molecule has 0 spiro atoms. The third kappa shape index (κ3) is 4.21. The quantitative estimate of drug-likeness (QED) is 0.803. The molecular formula is C22H30N4O3. The smallest absolute Gasteiger partial charge is 0.261 e. The molecule has 0 radical (unpaired) electrons. The number of fused-ring (bicyclic) bond motifs is 2. The first kappa shape index (κ1) is 20.0. The van der Waals surface area contributed by atoms with E-state index in [2.05, 4.69) is 10.6 Å². The molecule has 1 aromatic heterocycles. The van der Waals surface area contributed by atoms with Gasteiger partial charge in [0.1, 0.15) is 5.82 Å². The molecule has 1 aromatic carbocycles. The normalized spacial score (nSPS) is 18.8. The number of nitrogens with one attached hydrogen (secondary N) is 2. The topological polar surface area (TPSA) is 85.2 Å². The highest BCUT2D eigenvalue weighted by Crippen LogP contribution is 2.28. The molecule has 156 valence electrons. The second-order valence-corrected chi connectivity index (χ2v) is 8.39. The Morgan fingerprint density at radius 2 is 2.10 bits per heavy atom. The lowest BCUT2D eigenvalue weighted by Crippen LogP contribution is -2.47. The van der Waals surface area contributed by atoms with Crippen LogP contribution in [0.5, 0.6) is 0 Å². The molecule has 3 heterocycles. The van der Waals surface area contributed by atoms with Gasteiger partial charge in [0.05, 0.1) is 17.5 Å². The summed E-state index contributed by atoms with van der Waals surface area (Å²) in [5.74, 6) is 0.712. The van der Waals surface area contributed by atoms with E-state index in [0.717, 1.165) is 64.0 Å². The molecule has 29 heavy (non-hydrogen) atoms. The summed E-state index contributed by atoms with van der Waals surface area (Å²) in [7, 11) is 1.71. The van der Waals surface area contributed by atoms with Gasteiger partial charge in [-0.1, -0.05) is 6.42 Å². The monoisotopic (exact) mass is 398 g/mol. The van der Waals surface area contributed by atoms with Crippen molar-refractivity contribution in [3.05, 3.63) is 39.9 Å². The van der Waals surface area contributed by atoms with Crippen molar-refractivity contribution >= 4 is 16.8 Å². The summed E-state index contributed by atoms with van der Waals surface area (Å²) in [6.07, 6.45) is 5.95. The molecule has 7 heteroatoms. The lowest BCUT2D eigenvalue weighted by atomic mass is 9.79. The molecule has 0 saturated carbocycles. The van der Waals surface area contributed by atoms with Crippen LogP contribution in [0.3, 0.4) is 0 Å². The van der Waals surface area contributed by atoms with Gasteiger partial charge in [0.2, 0.25) is 0 Å². The van der Waals surface area contributed by atoms with Crippen LogP contribution >= 0.6 is 0 Å². The number of carbonyl (C=O) groups excluding carboxylic acids is 1. The van der Waals surface area contributed by atoms with Crippen molar-refractivity contribution in [3.8, 4) is 0 Å². The minimum Gasteiger partial charge on any atom is -0.384 e. The van der Waals surface area contributed by atoms with Gasteiger partial charge in [-0.2, -0.15) is 0 Å². The van der Waals surface area contributed by atoms with Crippen LogP contribution < -0.4 is 16.2 Å². The van der Waals surface area contributed by atoms with Gasteiger partial charge in [-0.15, -0.1) is 0 Å². The molecule has 0 aliphatic carbocycles. The maximum absolute atomic E-state index is 12.9. The second kappa shape index (κ2) is 8.63. The number of amides is 1. The van der Waals surface area contributed by atoms with E-state index in [4.69, 9.17) is 9.72 Å². The molecular weight excluding hydrogens is 368 g/mol. The average Bonchev–Trinajstić information content (AvgIpc) is 2.98. The summed E-state index contributed by atoms with van der Waals surface area (Å²) >= 11 is 0. The number of hydrogen-bond donors (Lipinski definition) is 2. The minimum absolute atomic E-state index is 0.00705. The van der Waals surface area contributed by atoms with Crippen molar-refractivity contribution in [3.63, 3.8) is 0 Å². The van der Waals surface area contributed by atoms with Gasteiger partial charge in [-0.05, 0) is 57.0 Å². The van der Waals surface area contributed by atoms with Gasteiger partial charge in [0.25, 0.3) is 11.5 Å². The second-order valence-electron chi connectivity index (χ2n) is 8.39. The Hall–Kier alpha value is -2.25. The SMILES string of the molecule is COCC1(CNC(=O)c2ccc3c(=O)n4c(nc3c2)CCCCC4)CCNCC1. The summed E-state index contributed by atoms with van der Waals surface area (Å²) in [4.78, 5) is 30.4. The molecule has 1 saturated heterocycles. The maximum Gasteiger partial charge on any atom is 0.261 e. The number of methoxy groups -OCH3 is 1. The summed E-state index contributed by atoms with van der Waals surface area (Å²) in [5, 5.41) is 7.04. The van der Waals surface area contributed by atoms with Gasteiger partial charge < -0.3 is 15.4 Å².